The molecule has 132 valence electrons. The van der Waals surface area contributed by atoms with E-state index in [9.17, 15) is 9.59 Å². The van der Waals surface area contributed by atoms with Crippen LogP contribution < -0.4 is 0 Å². The molecule has 0 radical (unpaired) electrons. The molecule has 6 atom stereocenters. The number of hydrogen-bond acceptors (Lipinski definition) is 3. The highest BCUT2D eigenvalue weighted by Crippen LogP contribution is 2.44. The maximum absolute atomic E-state index is 13.0. The lowest BCUT2D eigenvalue weighted by molar-refractivity contribution is -0.141. The van der Waals surface area contributed by atoms with Gasteiger partial charge in [-0.2, -0.15) is 0 Å². The average Bonchev–Trinajstić information content (AvgIpc) is 3.05. The number of likely N-dealkylation sites (tertiary alicyclic amines) is 2. The molecule has 1 saturated carbocycles. The SMILES string of the molecule is C=CCC(C)C(=O)N1CC2CN(C)CC2C1C(=O)CC1CC1C=C. The summed E-state index contributed by atoms with van der Waals surface area (Å²) in [5.41, 5.74) is 0. The fraction of sp³-hybridized carbons (Fsp3) is 0.700. The van der Waals surface area contributed by atoms with Gasteiger partial charge in [0.15, 0.2) is 5.78 Å². The monoisotopic (exact) mass is 330 g/mol. The second-order valence-corrected chi connectivity index (χ2v) is 8.07. The van der Waals surface area contributed by atoms with Crippen LogP contribution in [-0.2, 0) is 9.59 Å². The van der Waals surface area contributed by atoms with Crippen LogP contribution in [-0.4, -0.2) is 54.2 Å². The number of allylic oxidation sites excluding steroid dienone is 2. The lowest BCUT2D eigenvalue weighted by atomic mass is 9.89. The smallest absolute Gasteiger partial charge is 0.226 e. The van der Waals surface area contributed by atoms with Crippen molar-refractivity contribution < 1.29 is 9.59 Å². The molecule has 2 aliphatic heterocycles. The quantitative estimate of drug-likeness (QED) is 0.673. The Labute approximate surface area is 145 Å². The van der Waals surface area contributed by atoms with Crippen molar-refractivity contribution in [3.8, 4) is 0 Å². The van der Waals surface area contributed by atoms with Gasteiger partial charge in [0, 0.05) is 37.9 Å². The minimum Gasteiger partial charge on any atom is -0.332 e. The molecule has 4 heteroatoms. The highest BCUT2D eigenvalue weighted by molar-refractivity contribution is 5.91. The Morgan fingerprint density at radius 3 is 2.62 bits per heavy atom. The van der Waals surface area contributed by atoms with Gasteiger partial charge in [-0.1, -0.05) is 19.1 Å². The van der Waals surface area contributed by atoms with Crippen LogP contribution in [0.3, 0.4) is 0 Å². The van der Waals surface area contributed by atoms with Gasteiger partial charge in [0.1, 0.15) is 0 Å². The van der Waals surface area contributed by atoms with Crippen molar-refractivity contribution in [3.63, 3.8) is 0 Å². The molecule has 0 bridgehead atoms. The second-order valence-electron chi connectivity index (χ2n) is 8.07. The van der Waals surface area contributed by atoms with Crippen LogP contribution >= 0.6 is 0 Å². The van der Waals surface area contributed by atoms with E-state index in [1.54, 1.807) is 6.08 Å². The van der Waals surface area contributed by atoms with Gasteiger partial charge >= 0.3 is 0 Å². The van der Waals surface area contributed by atoms with Gasteiger partial charge in [-0.25, -0.2) is 0 Å². The van der Waals surface area contributed by atoms with E-state index >= 15 is 0 Å². The minimum atomic E-state index is -0.217. The van der Waals surface area contributed by atoms with E-state index in [4.69, 9.17) is 0 Å². The predicted octanol–water partition coefficient (Wildman–Crippen LogP) is 2.37. The highest BCUT2D eigenvalue weighted by atomic mass is 16.2. The Morgan fingerprint density at radius 1 is 1.25 bits per heavy atom. The summed E-state index contributed by atoms with van der Waals surface area (Å²) in [6, 6.07) is -0.217. The third kappa shape index (κ3) is 3.21. The molecule has 0 spiro atoms. The topological polar surface area (TPSA) is 40.6 Å². The second kappa shape index (κ2) is 6.83. The number of fused-ring (bicyclic) bond motifs is 1. The van der Waals surface area contributed by atoms with Crippen molar-refractivity contribution in [2.24, 2.45) is 29.6 Å². The van der Waals surface area contributed by atoms with E-state index in [1.165, 1.54) is 0 Å². The largest absolute Gasteiger partial charge is 0.332 e. The van der Waals surface area contributed by atoms with Crippen molar-refractivity contribution in [1.29, 1.82) is 0 Å². The van der Waals surface area contributed by atoms with E-state index in [-0.39, 0.29) is 23.7 Å². The zero-order chi connectivity index (χ0) is 17.4. The van der Waals surface area contributed by atoms with Crippen LogP contribution in [0.4, 0.5) is 0 Å². The molecule has 0 N–H and O–H groups in total. The summed E-state index contributed by atoms with van der Waals surface area (Å²) < 4.78 is 0. The Bertz CT molecular complexity index is 544. The van der Waals surface area contributed by atoms with E-state index in [2.05, 4.69) is 25.1 Å². The van der Waals surface area contributed by atoms with Crippen LogP contribution in [0.1, 0.15) is 26.2 Å². The van der Waals surface area contributed by atoms with Gasteiger partial charge in [0.2, 0.25) is 5.91 Å². The molecule has 2 saturated heterocycles. The van der Waals surface area contributed by atoms with Crippen molar-refractivity contribution in [3.05, 3.63) is 25.3 Å². The third-order valence-electron chi connectivity index (χ3n) is 6.14. The molecule has 3 fully saturated rings. The van der Waals surface area contributed by atoms with Crippen LogP contribution in [0.5, 0.6) is 0 Å². The number of hydrogen-bond donors (Lipinski definition) is 0. The Balaban J connectivity index is 1.74. The first-order valence-corrected chi connectivity index (χ1v) is 9.21. The summed E-state index contributed by atoms with van der Waals surface area (Å²) in [5, 5.41) is 0. The van der Waals surface area contributed by atoms with Gasteiger partial charge in [0.05, 0.1) is 6.04 Å². The number of nitrogens with zero attached hydrogens (tertiary/aromatic N) is 2. The van der Waals surface area contributed by atoms with E-state index in [1.807, 2.05) is 17.9 Å². The minimum absolute atomic E-state index is 0.0868. The molecule has 0 aromatic heterocycles. The Hall–Kier alpha value is -1.42. The number of Topliss-reactive ketones (excluding diaryl/α,β-unsaturated/α-hetero) is 1. The molecule has 6 unspecified atom stereocenters. The lowest BCUT2D eigenvalue weighted by Gasteiger charge is -2.30. The van der Waals surface area contributed by atoms with Gasteiger partial charge in [-0.05, 0) is 37.6 Å². The predicted molar refractivity (Wildman–Crippen MR) is 95.4 cm³/mol. The first kappa shape index (κ1) is 17.4. The molecule has 2 heterocycles. The zero-order valence-electron chi connectivity index (χ0n) is 15.0. The average molecular weight is 330 g/mol. The van der Waals surface area contributed by atoms with Crippen molar-refractivity contribution in [1.82, 2.24) is 9.80 Å². The maximum Gasteiger partial charge on any atom is 0.226 e. The van der Waals surface area contributed by atoms with E-state index < -0.39 is 0 Å². The Kier molecular flexibility index (Phi) is 4.95. The normalized spacial score (nSPS) is 36.2. The zero-order valence-corrected chi connectivity index (χ0v) is 15.0. The number of carbonyl (C=O) groups is 2. The molecule has 0 aromatic carbocycles. The first-order chi connectivity index (χ1) is 11.5. The van der Waals surface area contributed by atoms with Crippen molar-refractivity contribution in [2.45, 2.75) is 32.2 Å². The van der Waals surface area contributed by atoms with Gasteiger partial charge < -0.3 is 9.80 Å². The number of amides is 1. The molecular formula is C20H30N2O2. The molecular weight excluding hydrogens is 300 g/mol. The molecule has 4 nitrogen and oxygen atoms in total. The third-order valence-corrected chi connectivity index (χ3v) is 6.14. The number of rotatable bonds is 7. The molecule has 3 aliphatic rings. The number of carbonyl (C=O) groups excluding carboxylic acids is 2. The number of ketones is 1. The standard InChI is InChI=1S/C20H30N2O2/c1-5-7-13(3)20(24)22-11-16-10-21(4)12-17(16)19(22)18(23)9-15-8-14(15)6-2/h5-6,13-17,19H,1-2,7-12H2,3-4H3. The summed E-state index contributed by atoms with van der Waals surface area (Å²) in [5.74, 6) is 2.02. The van der Waals surface area contributed by atoms with E-state index in [0.717, 1.165) is 26.1 Å². The van der Waals surface area contributed by atoms with Crippen molar-refractivity contribution in [2.75, 3.05) is 26.7 Å². The van der Waals surface area contributed by atoms with Crippen LogP contribution in [0, 0.1) is 29.6 Å². The summed E-state index contributed by atoms with van der Waals surface area (Å²) in [7, 11) is 2.11. The summed E-state index contributed by atoms with van der Waals surface area (Å²) >= 11 is 0. The maximum atomic E-state index is 13.0. The van der Waals surface area contributed by atoms with Gasteiger partial charge in [-0.15, -0.1) is 13.2 Å². The van der Waals surface area contributed by atoms with Crippen LogP contribution in [0.2, 0.25) is 0 Å². The lowest BCUT2D eigenvalue weighted by Crippen LogP contribution is -2.47. The molecule has 1 amide bonds. The van der Waals surface area contributed by atoms with Crippen molar-refractivity contribution >= 4 is 11.7 Å². The molecule has 1 aliphatic carbocycles. The fourth-order valence-electron chi connectivity index (χ4n) is 4.71. The Morgan fingerprint density at radius 2 is 2.00 bits per heavy atom. The fourth-order valence-corrected chi connectivity index (χ4v) is 4.71. The summed E-state index contributed by atoms with van der Waals surface area (Å²) in [4.78, 5) is 30.1. The van der Waals surface area contributed by atoms with E-state index in [0.29, 0.717) is 36.5 Å². The van der Waals surface area contributed by atoms with Gasteiger partial charge in [-0.3, -0.25) is 9.59 Å². The summed E-state index contributed by atoms with van der Waals surface area (Å²) in [6.45, 7) is 12.2. The van der Waals surface area contributed by atoms with Crippen LogP contribution in [0.15, 0.2) is 25.3 Å². The summed E-state index contributed by atoms with van der Waals surface area (Å²) in [6.07, 6.45) is 6.12. The first-order valence-electron chi connectivity index (χ1n) is 9.21. The molecule has 24 heavy (non-hydrogen) atoms. The van der Waals surface area contributed by atoms with Gasteiger partial charge in [0.25, 0.3) is 0 Å². The van der Waals surface area contributed by atoms with Crippen LogP contribution in [0.25, 0.3) is 0 Å². The molecule has 3 rings (SSSR count). The highest BCUT2D eigenvalue weighted by Gasteiger charge is 2.52. The molecule has 0 aromatic rings.